The Balaban J connectivity index is 1.55. The van der Waals surface area contributed by atoms with Gasteiger partial charge in [0.2, 0.25) is 10.0 Å². The van der Waals surface area contributed by atoms with Crippen LogP contribution in [0.5, 0.6) is 0 Å². The minimum atomic E-state index is -3.58. The van der Waals surface area contributed by atoms with Gasteiger partial charge in [-0.15, -0.1) is 0 Å². The molecule has 1 aromatic rings. The number of nitrogens with zero attached hydrogens (tertiary/aromatic N) is 1. The number of ether oxygens (including phenoxy) is 2. The molecular weight excluding hydrogens is 356 g/mol. The monoisotopic (exact) mass is 380 g/mol. The van der Waals surface area contributed by atoms with Gasteiger partial charge in [-0.2, -0.15) is 0 Å². The van der Waals surface area contributed by atoms with E-state index < -0.39 is 10.0 Å². The second-order valence-electron chi connectivity index (χ2n) is 7.10. The number of hydrogen-bond donors (Lipinski definition) is 1. The number of nitrogens with one attached hydrogen (secondary N) is 1. The van der Waals surface area contributed by atoms with E-state index in [0.29, 0.717) is 25.3 Å². The number of carbonyl (C=O) groups is 1. The summed E-state index contributed by atoms with van der Waals surface area (Å²) in [4.78, 5) is 15.0. The normalized spacial score (nSPS) is 24.8. The highest BCUT2D eigenvalue weighted by Gasteiger charge is 2.37. The molecule has 1 aromatic carbocycles. The SMILES string of the molecule is O=C(c1cccc(S(=O)(=O)NC2CC2)c1)N1CCCCC1C1OCCO1. The predicted molar refractivity (Wildman–Crippen MR) is 94.2 cm³/mol. The Morgan fingerprint density at radius 1 is 1.12 bits per heavy atom. The number of hydrogen-bond acceptors (Lipinski definition) is 5. The van der Waals surface area contributed by atoms with E-state index in [1.165, 1.54) is 12.1 Å². The van der Waals surface area contributed by atoms with E-state index in [2.05, 4.69) is 4.72 Å². The first kappa shape index (κ1) is 17.9. The van der Waals surface area contributed by atoms with Gasteiger partial charge in [-0.05, 0) is 50.3 Å². The molecule has 0 aromatic heterocycles. The van der Waals surface area contributed by atoms with E-state index in [9.17, 15) is 13.2 Å². The maximum atomic E-state index is 13.1. The predicted octanol–water partition coefficient (Wildman–Crippen LogP) is 1.49. The molecule has 4 rings (SSSR count). The molecule has 0 bridgehead atoms. The Bertz CT molecular complexity index is 772. The maximum absolute atomic E-state index is 13.1. The quantitative estimate of drug-likeness (QED) is 0.837. The largest absolute Gasteiger partial charge is 0.348 e. The van der Waals surface area contributed by atoms with Gasteiger partial charge < -0.3 is 14.4 Å². The van der Waals surface area contributed by atoms with Gasteiger partial charge in [0.05, 0.1) is 24.2 Å². The van der Waals surface area contributed by atoms with E-state index in [-0.39, 0.29) is 29.2 Å². The van der Waals surface area contributed by atoms with Gasteiger partial charge in [0.25, 0.3) is 5.91 Å². The standard InChI is InChI=1S/C18H24N2O5S/c21-17(20-9-2-1-6-16(20)18-24-10-11-25-18)13-4-3-5-15(12-13)26(22,23)19-14-7-8-14/h3-5,12,14,16,18-19H,1-2,6-11H2. The average Bonchev–Trinajstić information content (AvgIpc) is 3.29. The first-order chi connectivity index (χ1) is 12.5. The Kier molecular flexibility index (Phi) is 5.00. The third-order valence-corrected chi connectivity index (χ3v) is 6.58. The van der Waals surface area contributed by atoms with Crippen LogP contribution in [0.4, 0.5) is 0 Å². The highest BCUT2D eigenvalue weighted by atomic mass is 32.2. The summed E-state index contributed by atoms with van der Waals surface area (Å²) >= 11 is 0. The zero-order valence-electron chi connectivity index (χ0n) is 14.6. The van der Waals surface area contributed by atoms with Crippen molar-refractivity contribution in [3.8, 4) is 0 Å². The van der Waals surface area contributed by atoms with E-state index >= 15 is 0 Å². The van der Waals surface area contributed by atoms with Crippen LogP contribution in [-0.4, -0.2) is 57.4 Å². The van der Waals surface area contributed by atoms with Crippen LogP contribution in [0, 0.1) is 0 Å². The number of carbonyl (C=O) groups excluding carboxylic acids is 1. The second-order valence-corrected chi connectivity index (χ2v) is 8.81. The zero-order valence-corrected chi connectivity index (χ0v) is 15.4. The fourth-order valence-corrected chi connectivity index (χ4v) is 4.89. The van der Waals surface area contributed by atoms with Crippen LogP contribution in [0.15, 0.2) is 29.2 Å². The van der Waals surface area contributed by atoms with Crippen molar-refractivity contribution in [3.63, 3.8) is 0 Å². The van der Waals surface area contributed by atoms with Crippen LogP contribution >= 0.6 is 0 Å². The fraction of sp³-hybridized carbons (Fsp3) is 0.611. The Morgan fingerprint density at radius 2 is 1.88 bits per heavy atom. The lowest BCUT2D eigenvalue weighted by Crippen LogP contribution is -2.50. The van der Waals surface area contributed by atoms with Gasteiger partial charge in [0.15, 0.2) is 6.29 Å². The Morgan fingerprint density at radius 3 is 2.62 bits per heavy atom. The van der Waals surface area contributed by atoms with Gasteiger partial charge in [-0.1, -0.05) is 6.07 Å². The summed E-state index contributed by atoms with van der Waals surface area (Å²) in [6, 6.07) is 6.19. The van der Waals surface area contributed by atoms with Crippen LogP contribution in [-0.2, 0) is 19.5 Å². The van der Waals surface area contributed by atoms with Crippen molar-refractivity contribution in [3.05, 3.63) is 29.8 Å². The lowest BCUT2D eigenvalue weighted by Gasteiger charge is -2.38. The molecule has 0 radical (unpaired) electrons. The van der Waals surface area contributed by atoms with Gasteiger partial charge in [-0.3, -0.25) is 4.79 Å². The topological polar surface area (TPSA) is 84.9 Å². The van der Waals surface area contributed by atoms with Crippen LogP contribution < -0.4 is 4.72 Å². The lowest BCUT2D eigenvalue weighted by atomic mass is 10.00. The van der Waals surface area contributed by atoms with Gasteiger partial charge >= 0.3 is 0 Å². The smallest absolute Gasteiger partial charge is 0.254 e. The molecule has 1 aliphatic carbocycles. The second kappa shape index (κ2) is 7.26. The van der Waals surface area contributed by atoms with E-state index in [1.54, 1.807) is 17.0 Å². The van der Waals surface area contributed by atoms with Crippen LogP contribution in [0.1, 0.15) is 42.5 Å². The molecule has 3 fully saturated rings. The van der Waals surface area contributed by atoms with E-state index in [4.69, 9.17) is 9.47 Å². The number of sulfonamides is 1. The fourth-order valence-electron chi connectivity index (χ4n) is 3.54. The van der Waals surface area contributed by atoms with Crippen LogP contribution in [0.2, 0.25) is 0 Å². The first-order valence-corrected chi connectivity index (χ1v) is 10.7. The molecule has 2 saturated heterocycles. The summed E-state index contributed by atoms with van der Waals surface area (Å²) in [6.07, 6.45) is 4.14. The Labute approximate surface area is 153 Å². The molecule has 1 amide bonds. The average molecular weight is 380 g/mol. The molecule has 8 heteroatoms. The van der Waals surface area contributed by atoms with Crippen molar-refractivity contribution in [1.29, 1.82) is 0 Å². The number of benzene rings is 1. The number of rotatable bonds is 5. The van der Waals surface area contributed by atoms with Crippen molar-refractivity contribution in [1.82, 2.24) is 9.62 Å². The molecule has 3 aliphatic rings. The van der Waals surface area contributed by atoms with Crippen LogP contribution in [0.25, 0.3) is 0 Å². The number of piperidine rings is 1. The summed E-state index contributed by atoms with van der Waals surface area (Å²) in [5, 5.41) is 0. The molecule has 1 N–H and O–H groups in total. The molecule has 142 valence electrons. The molecule has 1 unspecified atom stereocenters. The Hall–Kier alpha value is -1.48. The van der Waals surface area contributed by atoms with Crippen molar-refractivity contribution in [2.24, 2.45) is 0 Å². The molecule has 1 atom stereocenters. The third-order valence-electron chi connectivity index (χ3n) is 5.06. The van der Waals surface area contributed by atoms with Gasteiger partial charge in [-0.25, -0.2) is 13.1 Å². The minimum absolute atomic E-state index is 0.0301. The maximum Gasteiger partial charge on any atom is 0.254 e. The molecule has 1 saturated carbocycles. The zero-order chi connectivity index (χ0) is 18.1. The molecule has 26 heavy (non-hydrogen) atoms. The number of amides is 1. The summed E-state index contributed by atoms with van der Waals surface area (Å²) < 4.78 is 38.7. The number of likely N-dealkylation sites (tertiary alicyclic amines) is 1. The summed E-state index contributed by atoms with van der Waals surface area (Å²) in [5.41, 5.74) is 0.383. The molecule has 2 aliphatic heterocycles. The summed E-state index contributed by atoms with van der Waals surface area (Å²) in [7, 11) is -3.58. The highest BCUT2D eigenvalue weighted by molar-refractivity contribution is 7.89. The van der Waals surface area contributed by atoms with Crippen molar-refractivity contribution >= 4 is 15.9 Å². The van der Waals surface area contributed by atoms with Crippen molar-refractivity contribution in [2.75, 3.05) is 19.8 Å². The van der Waals surface area contributed by atoms with Gasteiger partial charge in [0.1, 0.15) is 0 Å². The van der Waals surface area contributed by atoms with Crippen LogP contribution in [0.3, 0.4) is 0 Å². The van der Waals surface area contributed by atoms with E-state index in [1.807, 2.05) is 0 Å². The summed E-state index contributed by atoms with van der Waals surface area (Å²) in [6.45, 7) is 1.72. The van der Waals surface area contributed by atoms with Crippen molar-refractivity contribution in [2.45, 2.75) is 55.4 Å². The summed E-state index contributed by atoms with van der Waals surface area (Å²) in [5.74, 6) is -0.169. The van der Waals surface area contributed by atoms with E-state index in [0.717, 1.165) is 32.1 Å². The van der Waals surface area contributed by atoms with Crippen molar-refractivity contribution < 1.29 is 22.7 Å². The van der Waals surface area contributed by atoms with Gasteiger partial charge in [0, 0.05) is 18.2 Å². The lowest BCUT2D eigenvalue weighted by molar-refractivity contribution is -0.100. The third kappa shape index (κ3) is 3.78. The molecular formula is C18H24N2O5S. The first-order valence-electron chi connectivity index (χ1n) is 9.21. The molecule has 0 spiro atoms. The highest BCUT2D eigenvalue weighted by Crippen LogP contribution is 2.27. The minimum Gasteiger partial charge on any atom is -0.348 e. The molecule has 7 nitrogen and oxygen atoms in total. The molecule has 2 heterocycles.